The third kappa shape index (κ3) is 1.74. The number of rotatable bonds is 3. The van der Waals surface area contributed by atoms with E-state index >= 15 is 0 Å². The van der Waals surface area contributed by atoms with Gasteiger partial charge in [-0.25, -0.2) is 0 Å². The summed E-state index contributed by atoms with van der Waals surface area (Å²) in [6.45, 7) is 4.59. The van der Waals surface area contributed by atoms with Gasteiger partial charge in [-0.2, -0.15) is 0 Å². The van der Waals surface area contributed by atoms with E-state index in [-0.39, 0.29) is 0 Å². The lowest BCUT2D eigenvalue weighted by Crippen LogP contribution is -2.17. The summed E-state index contributed by atoms with van der Waals surface area (Å²) >= 11 is 0. The molecule has 0 aliphatic carbocycles. The summed E-state index contributed by atoms with van der Waals surface area (Å²) in [6, 6.07) is 8.93. The van der Waals surface area contributed by atoms with Gasteiger partial charge >= 0.3 is 0 Å². The van der Waals surface area contributed by atoms with Gasteiger partial charge in [0.15, 0.2) is 0 Å². The molecule has 70 valence electrons. The van der Waals surface area contributed by atoms with Crippen LogP contribution in [0.3, 0.4) is 0 Å². The average Bonchev–Trinajstić information content (AvgIpc) is 2.58. The lowest BCUT2D eigenvalue weighted by atomic mass is 10.1. The van der Waals surface area contributed by atoms with Gasteiger partial charge in [0, 0.05) is 13.2 Å². The zero-order chi connectivity index (χ0) is 9.10. The Morgan fingerprint density at radius 2 is 2.31 bits per heavy atom. The summed E-state index contributed by atoms with van der Waals surface area (Å²) < 4.78 is 5.41. The van der Waals surface area contributed by atoms with Crippen molar-refractivity contribution >= 4 is 0 Å². The molecule has 1 aliphatic heterocycles. The van der Waals surface area contributed by atoms with Crippen molar-refractivity contribution in [3.05, 3.63) is 35.4 Å². The highest BCUT2D eigenvalue weighted by Gasteiger charge is 2.20. The molecule has 0 spiro atoms. The number of hydrogen-bond donors (Lipinski definition) is 1. The standard InChI is InChI=1S/C11H15NO/c1-2-13-8-11-10-6-4-3-5-9(10)7-12-11/h3-6,11-12H,2,7-8H2,1H3. The van der Waals surface area contributed by atoms with Crippen molar-refractivity contribution in [2.75, 3.05) is 13.2 Å². The third-order valence-electron chi connectivity index (χ3n) is 2.46. The van der Waals surface area contributed by atoms with Crippen LogP contribution in [-0.4, -0.2) is 13.2 Å². The first-order chi connectivity index (χ1) is 6.42. The van der Waals surface area contributed by atoms with E-state index in [1.807, 2.05) is 6.92 Å². The molecule has 0 aromatic heterocycles. The van der Waals surface area contributed by atoms with E-state index in [0.717, 1.165) is 19.8 Å². The fraction of sp³-hybridized carbons (Fsp3) is 0.455. The number of ether oxygens (including phenoxy) is 1. The quantitative estimate of drug-likeness (QED) is 0.761. The molecule has 1 atom stereocenters. The van der Waals surface area contributed by atoms with Gasteiger partial charge in [0.25, 0.3) is 0 Å². The number of hydrogen-bond acceptors (Lipinski definition) is 2. The summed E-state index contributed by atoms with van der Waals surface area (Å²) in [5.41, 5.74) is 2.81. The van der Waals surface area contributed by atoms with Gasteiger partial charge in [0.05, 0.1) is 12.6 Å². The third-order valence-corrected chi connectivity index (χ3v) is 2.46. The minimum absolute atomic E-state index is 0.399. The molecule has 13 heavy (non-hydrogen) atoms. The zero-order valence-corrected chi connectivity index (χ0v) is 7.92. The van der Waals surface area contributed by atoms with Crippen LogP contribution in [-0.2, 0) is 11.3 Å². The van der Waals surface area contributed by atoms with Crippen LogP contribution < -0.4 is 5.32 Å². The van der Waals surface area contributed by atoms with Crippen molar-refractivity contribution in [1.82, 2.24) is 5.32 Å². The van der Waals surface area contributed by atoms with E-state index in [1.165, 1.54) is 11.1 Å². The van der Waals surface area contributed by atoms with Gasteiger partial charge in [0.2, 0.25) is 0 Å². The van der Waals surface area contributed by atoms with Crippen molar-refractivity contribution in [1.29, 1.82) is 0 Å². The molecule has 1 aliphatic rings. The SMILES string of the molecule is CCOCC1NCc2ccccc21. The Labute approximate surface area is 78.9 Å². The summed E-state index contributed by atoms with van der Waals surface area (Å²) in [7, 11) is 0. The maximum Gasteiger partial charge on any atom is 0.0661 e. The largest absolute Gasteiger partial charge is 0.380 e. The van der Waals surface area contributed by atoms with Crippen molar-refractivity contribution in [3.8, 4) is 0 Å². The molecule has 2 heteroatoms. The van der Waals surface area contributed by atoms with Gasteiger partial charge in [-0.15, -0.1) is 0 Å². The Balaban J connectivity index is 2.09. The Morgan fingerprint density at radius 1 is 1.46 bits per heavy atom. The Morgan fingerprint density at radius 3 is 3.15 bits per heavy atom. The minimum atomic E-state index is 0.399. The molecule has 1 aromatic carbocycles. The van der Waals surface area contributed by atoms with Gasteiger partial charge in [-0.1, -0.05) is 24.3 Å². The normalized spacial score (nSPS) is 20.2. The lowest BCUT2D eigenvalue weighted by Gasteiger charge is -2.11. The van der Waals surface area contributed by atoms with Crippen LogP contribution in [0.5, 0.6) is 0 Å². The fourth-order valence-corrected chi connectivity index (χ4v) is 1.76. The zero-order valence-electron chi connectivity index (χ0n) is 7.92. The van der Waals surface area contributed by atoms with Crippen molar-refractivity contribution in [3.63, 3.8) is 0 Å². The summed E-state index contributed by atoms with van der Waals surface area (Å²) in [5, 5.41) is 3.43. The van der Waals surface area contributed by atoms with E-state index < -0.39 is 0 Å². The molecule has 1 aromatic rings. The number of fused-ring (bicyclic) bond motifs is 1. The predicted octanol–water partition coefficient (Wildman–Crippen LogP) is 1.87. The molecule has 1 heterocycles. The van der Waals surface area contributed by atoms with E-state index in [4.69, 9.17) is 4.74 Å². The molecule has 0 amide bonds. The molecule has 0 saturated heterocycles. The average molecular weight is 177 g/mol. The molecule has 0 radical (unpaired) electrons. The molecule has 1 unspecified atom stereocenters. The molecule has 0 fully saturated rings. The van der Waals surface area contributed by atoms with Crippen LogP contribution in [0.4, 0.5) is 0 Å². The van der Waals surface area contributed by atoms with Gasteiger partial charge in [-0.3, -0.25) is 0 Å². The number of benzene rings is 1. The minimum Gasteiger partial charge on any atom is -0.380 e. The van der Waals surface area contributed by atoms with E-state index in [1.54, 1.807) is 0 Å². The molecule has 2 rings (SSSR count). The second-order valence-corrected chi connectivity index (χ2v) is 3.29. The van der Waals surface area contributed by atoms with Crippen LogP contribution in [0.1, 0.15) is 24.1 Å². The molecule has 0 saturated carbocycles. The van der Waals surface area contributed by atoms with Crippen molar-refractivity contribution in [2.24, 2.45) is 0 Å². The lowest BCUT2D eigenvalue weighted by molar-refractivity contribution is 0.126. The molecule has 1 N–H and O–H groups in total. The second-order valence-electron chi connectivity index (χ2n) is 3.29. The first kappa shape index (κ1) is 8.73. The Kier molecular flexibility index (Phi) is 2.62. The van der Waals surface area contributed by atoms with Crippen LogP contribution in [0.15, 0.2) is 24.3 Å². The van der Waals surface area contributed by atoms with Crippen molar-refractivity contribution in [2.45, 2.75) is 19.5 Å². The van der Waals surface area contributed by atoms with Crippen molar-refractivity contribution < 1.29 is 4.74 Å². The molecule has 0 bridgehead atoms. The van der Waals surface area contributed by atoms with Crippen LogP contribution in [0.2, 0.25) is 0 Å². The van der Waals surface area contributed by atoms with Gasteiger partial charge in [0.1, 0.15) is 0 Å². The highest BCUT2D eigenvalue weighted by Crippen LogP contribution is 2.24. The van der Waals surface area contributed by atoms with Gasteiger partial charge < -0.3 is 10.1 Å². The summed E-state index contributed by atoms with van der Waals surface area (Å²) in [5.74, 6) is 0. The number of nitrogens with one attached hydrogen (secondary N) is 1. The van der Waals surface area contributed by atoms with Crippen LogP contribution in [0.25, 0.3) is 0 Å². The van der Waals surface area contributed by atoms with Gasteiger partial charge in [-0.05, 0) is 18.1 Å². The Hall–Kier alpha value is -0.860. The highest BCUT2D eigenvalue weighted by molar-refractivity contribution is 5.33. The Bertz CT molecular complexity index is 285. The smallest absolute Gasteiger partial charge is 0.0661 e. The molecular weight excluding hydrogens is 162 g/mol. The second kappa shape index (κ2) is 3.90. The first-order valence-corrected chi connectivity index (χ1v) is 4.80. The van der Waals surface area contributed by atoms with Crippen LogP contribution in [0, 0.1) is 0 Å². The van der Waals surface area contributed by atoms with E-state index in [0.29, 0.717) is 6.04 Å². The summed E-state index contributed by atoms with van der Waals surface area (Å²) in [6.07, 6.45) is 0. The highest BCUT2D eigenvalue weighted by atomic mass is 16.5. The topological polar surface area (TPSA) is 21.3 Å². The monoisotopic (exact) mass is 177 g/mol. The predicted molar refractivity (Wildman–Crippen MR) is 52.5 cm³/mol. The molecular formula is C11H15NO. The summed E-state index contributed by atoms with van der Waals surface area (Å²) in [4.78, 5) is 0. The first-order valence-electron chi connectivity index (χ1n) is 4.80. The maximum atomic E-state index is 5.41. The van der Waals surface area contributed by atoms with E-state index in [9.17, 15) is 0 Å². The molecule has 2 nitrogen and oxygen atoms in total. The van der Waals surface area contributed by atoms with Crippen LogP contribution >= 0.6 is 0 Å². The van der Waals surface area contributed by atoms with E-state index in [2.05, 4.69) is 29.6 Å². The maximum absolute atomic E-state index is 5.41. The fourth-order valence-electron chi connectivity index (χ4n) is 1.76.